The van der Waals surface area contributed by atoms with Crippen molar-refractivity contribution in [2.75, 3.05) is 6.79 Å². The SMILES string of the molecule is [Br][Mg][c]1cccc2c1OCO2. The number of halogens is 1. The van der Waals surface area contributed by atoms with Gasteiger partial charge in [-0.15, -0.1) is 3.69 Å². The first-order valence-electron chi connectivity index (χ1n) is 3.35. The molecule has 0 spiro atoms. The Morgan fingerprint density at radius 3 is 3.09 bits per heavy atom. The molecule has 1 heterocycles. The van der Waals surface area contributed by atoms with Crippen molar-refractivity contribution >= 4 is 34.8 Å². The molecule has 0 amide bonds. The average molecular weight is 225 g/mol. The number of fused-ring (bicyclic) bond motifs is 1. The standard InChI is InChI=1S/C7H5O2.BrH.Mg/c1-2-4-7-6(3-1)8-5-9-7;;/h1-3H,5H2;1H;/q;;+1/p-1. The summed E-state index contributed by atoms with van der Waals surface area (Å²) in [5.74, 6) is 1.82. The van der Waals surface area contributed by atoms with Crippen LogP contribution in [0.4, 0.5) is 0 Å². The highest BCUT2D eigenvalue weighted by Crippen LogP contribution is 2.29. The normalized spacial score (nSPS) is 12.8. The van der Waals surface area contributed by atoms with Crippen molar-refractivity contribution in [2.24, 2.45) is 0 Å². The third kappa shape index (κ3) is 1.35. The summed E-state index contributed by atoms with van der Waals surface area (Å²) in [5, 5.41) is 0. The van der Waals surface area contributed by atoms with Crippen LogP contribution in [0.2, 0.25) is 0 Å². The van der Waals surface area contributed by atoms with Gasteiger partial charge in [0.1, 0.15) is 5.75 Å². The summed E-state index contributed by atoms with van der Waals surface area (Å²) in [7, 11) is 0. The highest BCUT2D eigenvalue weighted by Gasteiger charge is 2.16. The van der Waals surface area contributed by atoms with E-state index in [-0.39, 0.29) is 18.2 Å². The molecule has 1 aromatic rings. The topological polar surface area (TPSA) is 18.5 Å². The van der Waals surface area contributed by atoms with E-state index in [0.717, 1.165) is 11.5 Å². The van der Waals surface area contributed by atoms with Gasteiger partial charge in [-0.25, -0.2) is 0 Å². The molecule has 0 saturated carbocycles. The van der Waals surface area contributed by atoms with Crippen LogP contribution >= 0.6 is 12.9 Å². The van der Waals surface area contributed by atoms with Crippen molar-refractivity contribution in [2.45, 2.75) is 0 Å². The van der Waals surface area contributed by atoms with Gasteiger partial charge < -0.3 is 9.47 Å². The van der Waals surface area contributed by atoms with E-state index in [0.29, 0.717) is 6.79 Å². The smallest absolute Gasteiger partial charge is 0.456 e. The summed E-state index contributed by atoms with van der Waals surface area (Å²) >= 11 is 3.19. The molecule has 0 unspecified atom stereocenters. The summed E-state index contributed by atoms with van der Waals surface area (Å²) in [6, 6.07) is 6.01. The van der Waals surface area contributed by atoms with Crippen LogP contribution in [-0.2, 0) is 0 Å². The van der Waals surface area contributed by atoms with Gasteiger partial charge in [0.25, 0.3) is 0 Å². The van der Waals surface area contributed by atoms with E-state index in [9.17, 15) is 0 Å². The molecule has 0 N–H and O–H groups in total. The van der Waals surface area contributed by atoms with Crippen LogP contribution in [0.15, 0.2) is 18.2 Å². The van der Waals surface area contributed by atoms with E-state index in [4.69, 9.17) is 9.47 Å². The molecular formula is C7H5BrMgO2. The largest absolute Gasteiger partial charge is 0.513 e. The molecule has 0 fully saturated rings. The molecule has 0 aromatic heterocycles. The van der Waals surface area contributed by atoms with Gasteiger partial charge >= 0.3 is 18.2 Å². The number of hydrogen-bond donors (Lipinski definition) is 0. The first-order valence-corrected chi connectivity index (χ1v) is 7.96. The van der Waals surface area contributed by atoms with Crippen molar-refractivity contribution in [3.05, 3.63) is 18.2 Å². The molecule has 0 aliphatic carbocycles. The molecular weight excluding hydrogens is 220 g/mol. The van der Waals surface area contributed by atoms with Gasteiger partial charge in [0.2, 0.25) is 6.79 Å². The molecule has 2 rings (SSSR count). The highest BCUT2D eigenvalue weighted by atomic mass is 79.9. The van der Waals surface area contributed by atoms with Gasteiger partial charge in [-0.3, -0.25) is 12.9 Å². The Bertz CT molecular complexity index is 277. The molecule has 0 bridgehead atoms. The molecule has 0 saturated heterocycles. The third-order valence-corrected chi connectivity index (χ3v) is 4.28. The van der Waals surface area contributed by atoms with Crippen molar-refractivity contribution < 1.29 is 9.47 Å². The first-order chi connectivity index (χ1) is 5.42. The highest BCUT2D eigenvalue weighted by molar-refractivity contribution is 9.23. The first kappa shape index (κ1) is 7.70. The fraction of sp³-hybridized carbons (Fsp3) is 0.143. The predicted molar refractivity (Wildman–Crippen MR) is 46.9 cm³/mol. The lowest BCUT2D eigenvalue weighted by molar-refractivity contribution is 0.174. The van der Waals surface area contributed by atoms with Gasteiger partial charge in [0.05, 0.1) is 0 Å². The Labute approximate surface area is 80.5 Å². The van der Waals surface area contributed by atoms with Gasteiger partial charge in [-0.1, -0.05) is 12.1 Å². The number of rotatable bonds is 1. The lowest BCUT2D eigenvalue weighted by atomic mass is 10.3. The maximum Gasteiger partial charge on any atom is 0.513 e. The van der Waals surface area contributed by atoms with E-state index >= 15 is 0 Å². The van der Waals surface area contributed by atoms with Crippen molar-refractivity contribution in [1.82, 2.24) is 0 Å². The maximum absolute atomic E-state index is 5.30. The van der Waals surface area contributed by atoms with Crippen molar-refractivity contribution in [3.8, 4) is 11.5 Å². The Morgan fingerprint density at radius 1 is 1.36 bits per heavy atom. The molecule has 1 aliphatic heterocycles. The fourth-order valence-corrected chi connectivity index (χ4v) is 3.04. The fourth-order valence-electron chi connectivity index (χ4n) is 1.10. The third-order valence-electron chi connectivity index (χ3n) is 1.62. The molecule has 0 radical (unpaired) electrons. The molecule has 54 valence electrons. The summed E-state index contributed by atoms with van der Waals surface area (Å²) in [6.45, 7) is 0.369. The van der Waals surface area contributed by atoms with Gasteiger partial charge in [0, 0.05) is 0 Å². The zero-order chi connectivity index (χ0) is 7.68. The van der Waals surface area contributed by atoms with Crippen molar-refractivity contribution in [1.29, 1.82) is 0 Å². The number of benzene rings is 1. The quantitative estimate of drug-likeness (QED) is 0.665. The Kier molecular flexibility index (Phi) is 2.24. The zero-order valence-electron chi connectivity index (χ0n) is 5.84. The molecule has 11 heavy (non-hydrogen) atoms. The number of hydrogen-bond acceptors (Lipinski definition) is 2. The Hall–Kier alpha value is 0.0662. The van der Waals surface area contributed by atoms with Crippen LogP contribution in [0, 0.1) is 0 Å². The second-order valence-corrected chi connectivity index (χ2v) is 5.00. The Balaban J connectivity index is 2.50. The number of para-hydroxylation sites is 1. The summed E-state index contributed by atoms with van der Waals surface area (Å²) in [6.07, 6.45) is 0. The van der Waals surface area contributed by atoms with Crippen LogP contribution in [0.5, 0.6) is 11.5 Å². The van der Waals surface area contributed by atoms with Gasteiger partial charge in [-0.05, 0) is 6.07 Å². The Morgan fingerprint density at radius 2 is 2.27 bits per heavy atom. The summed E-state index contributed by atoms with van der Waals surface area (Å²) in [4.78, 5) is 0. The zero-order valence-corrected chi connectivity index (χ0v) is 8.84. The van der Waals surface area contributed by atoms with Crippen LogP contribution in [0.1, 0.15) is 0 Å². The molecule has 0 atom stereocenters. The second-order valence-electron chi connectivity index (χ2n) is 2.28. The van der Waals surface area contributed by atoms with Crippen molar-refractivity contribution in [3.63, 3.8) is 0 Å². The van der Waals surface area contributed by atoms with E-state index < -0.39 is 0 Å². The maximum atomic E-state index is 5.30. The van der Waals surface area contributed by atoms with E-state index in [2.05, 4.69) is 19.0 Å². The van der Waals surface area contributed by atoms with E-state index in [1.54, 1.807) is 0 Å². The van der Waals surface area contributed by atoms with Gasteiger partial charge in [-0.2, -0.15) is 0 Å². The summed E-state index contributed by atoms with van der Waals surface area (Å²) < 4.78 is 11.8. The van der Waals surface area contributed by atoms with E-state index in [1.165, 1.54) is 3.69 Å². The lowest BCUT2D eigenvalue weighted by Gasteiger charge is -2.00. The van der Waals surface area contributed by atoms with Crippen LogP contribution < -0.4 is 13.2 Å². The van der Waals surface area contributed by atoms with Gasteiger partial charge in [0.15, 0.2) is 5.75 Å². The minimum absolute atomic E-state index is 0.323. The van der Waals surface area contributed by atoms with Crippen LogP contribution in [0.3, 0.4) is 0 Å². The molecule has 1 aliphatic rings. The van der Waals surface area contributed by atoms with E-state index in [1.807, 2.05) is 12.1 Å². The van der Waals surface area contributed by atoms with Crippen LogP contribution in [-0.4, -0.2) is 25.0 Å². The molecule has 2 nitrogen and oxygen atoms in total. The average Bonchev–Trinajstić information content (AvgIpc) is 2.50. The predicted octanol–water partition coefficient (Wildman–Crippen LogP) is 1.05. The monoisotopic (exact) mass is 224 g/mol. The minimum atomic E-state index is -0.323. The lowest BCUT2D eigenvalue weighted by Crippen LogP contribution is -2.09. The second kappa shape index (κ2) is 3.21. The van der Waals surface area contributed by atoms with Crippen LogP contribution in [0.25, 0.3) is 0 Å². The molecule has 1 aromatic carbocycles. The minimum Gasteiger partial charge on any atom is -0.456 e. The molecule has 4 heteroatoms. The number of ether oxygens (including phenoxy) is 2. The summed E-state index contributed by atoms with van der Waals surface area (Å²) in [5.41, 5.74) is 0.